The van der Waals surface area contributed by atoms with Gasteiger partial charge in [-0.05, 0) is 25.1 Å². The molecule has 3 heterocycles. The number of pyridine rings is 2. The molecule has 1 fully saturated rings. The number of amides is 1. The smallest absolute Gasteiger partial charge is 0.290 e. The monoisotopic (exact) mass is 370 g/mol. The summed E-state index contributed by atoms with van der Waals surface area (Å²) in [5, 5.41) is 13.9. The van der Waals surface area contributed by atoms with Crippen LogP contribution in [0.2, 0.25) is 0 Å². The van der Waals surface area contributed by atoms with Crippen molar-refractivity contribution in [2.45, 2.75) is 13.3 Å². The molecule has 27 heavy (non-hydrogen) atoms. The third kappa shape index (κ3) is 4.69. The maximum Gasteiger partial charge on any atom is 0.290 e. The zero-order valence-corrected chi connectivity index (χ0v) is 15.2. The van der Waals surface area contributed by atoms with E-state index in [1.165, 1.54) is 6.20 Å². The maximum absolute atomic E-state index is 12.4. The predicted molar refractivity (Wildman–Crippen MR) is 102 cm³/mol. The third-order valence-corrected chi connectivity index (χ3v) is 4.53. The number of hydrogen-bond acceptors (Lipinski definition) is 7. The van der Waals surface area contributed by atoms with Crippen molar-refractivity contribution in [1.29, 1.82) is 0 Å². The van der Waals surface area contributed by atoms with Gasteiger partial charge in [-0.1, -0.05) is 6.07 Å². The summed E-state index contributed by atoms with van der Waals surface area (Å²) in [5.74, 6) is 1.55. The fourth-order valence-electron chi connectivity index (χ4n) is 3.02. The second-order valence-electron chi connectivity index (χ2n) is 6.35. The molecule has 1 aliphatic rings. The Bertz CT molecular complexity index is 806. The molecule has 9 nitrogen and oxygen atoms in total. The van der Waals surface area contributed by atoms with E-state index >= 15 is 0 Å². The van der Waals surface area contributed by atoms with Crippen LogP contribution in [0.5, 0.6) is 0 Å². The highest BCUT2D eigenvalue weighted by atomic mass is 16.6. The van der Waals surface area contributed by atoms with Crippen LogP contribution in [0.15, 0.2) is 36.7 Å². The first kappa shape index (κ1) is 18.6. The second-order valence-corrected chi connectivity index (χ2v) is 6.35. The first-order valence-electron chi connectivity index (χ1n) is 8.83. The number of nitro groups is 1. The maximum atomic E-state index is 12.4. The van der Waals surface area contributed by atoms with Gasteiger partial charge in [-0.15, -0.1) is 0 Å². The van der Waals surface area contributed by atoms with E-state index in [1.807, 2.05) is 23.1 Å². The number of rotatable bonds is 6. The summed E-state index contributed by atoms with van der Waals surface area (Å²) in [6.07, 6.45) is 3.35. The molecule has 2 aromatic rings. The van der Waals surface area contributed by atoms with Gasteiger partial charge >= 0.3 is 0 Å². The standard InChI is InChI=1S/C18H22N6O3/c1-14-12-16(21-13-15(14)24(26)27)19-7-5-18(25)23-10-8-22(9-11-23)17-4-2-3-6-20-17/h2-4,6,12-13H,5,7-11H2,1H3,(H,19,21). The number of anilines is 2. The van der Waals surface area contributed by atoms with Gasteiger partial charge in [0.2, 0.25) is 5.91 Å². The van der Waals surface area contributed by atoms with Gasteiger partial charge in [-0.3, -0.25) is 14.9 Å². The minimum atomic E-state index is -0.458. The molecule has 1 N–H and O–H groups in total. The van der Waals surface area contributed by atoms with Crippen molar-refractivity contribution < 1.29 is 9.72 Å². The number of carbonyl (C=O) groups excluding carboxylic acids is 1. The highest BCUT2D eigenvalue weighted by molar-refractivity contribution is 5.77. The van der Waals surface area contributed by atoms with E-state index in [1.54, 1.807) is 19.2 Å². The van der Waals surface area contributed by atoms with Gasteiger partial charge in [0.05, 0.1) is 4.92 Å². The van der Waals surface area contributed by atoms with Crippen LogP contribution >= 0.6 is 0 Å². The Balaban J connectivity index is 1.44. The normalized spacial score (nSPS) is 14.1. The summed E-state index contributed by atoms with van der Waals surface area (Å²) in [6, 6.07) is 7.44. The number of nitrogens with one attached hydrogen (secondary N) is 1. The van der Waals surface area contributed by atoms with E-state index in [9.17, 15) is 14.9 Å². The molecule has 142 valence electrons. The molecule has 0 bridgehead atoms. The molecule has 0 aliphatic carbocycles. The van der Waals surface area contributed by atoms with Crippen LogP contribution in [-0.4, -0.2) is 58.4 Å². The average Bonchev–Trinajstić information content (AvgIpc) is 2.68. The zero-order valence-electron chi connectivity index (χ0n) is 15.2. The van der Waals surface area contributed by atoms with Crippen LogP contribution in [0.1, 0.15) is 12.0 Å². The number of hydrogen-bond donors (Lipinski definition) is 1. The van der Waals surface area contributed by atoms with E-state index in [0.29, 0.717) is 37.4 Å². The SMILES string of the molecule is Cc1cc(NCCC(=O)N2CCN(c3ccccn3)CC2)ncc1[N+](=O)[O-]. The van der Waals surface area contributed by atoms with Gasteiger partial charge in [-0.25, -0.2) is 9.97 Å². The molecule has 3 rings (SSSR count). The first-order valence-corrected chi connectivity index (χ1v) is 8.83. The van der Waals surface area contributed by atoms with Crippen LogP contribution in [0.25, 0.3) is 0 Å². The van der Waals surface area contributed by atoms with Crippen LogP contribution in [0.3, 0.4) is 0 Å². The Morgan fingerprint density at radius 3 is 2.67 bits per heavy atom. The highest BCUT2D eigenvalue weighted by Crippen LogP contribution is 2.19. The fourth-order valence-corrected chi connectivity index (χ4v) is 3.02. The summed E-state index contributed by atoms with van der Waals surface area (Å²) in [5.41, 5.74) is 0.525. The molecular formula is C18H22N6O3. The van der Waals surface area contributed by atoms with Gasteiger partial charge in [0.15, 0.2) is 0 Å². The van der Waals surface area contributed by atoms with Crippen molar-refractivity contribution in [2.24, 2.45) is 0 Å². The summed E-state index contributed by atoms with van der Waals surface area (Å²) in [6.45, 7) is 4.97. The average molecular weight is 370 g/mol. The largest absolute Gasteiger partial charge is 0.370 e. The predicted octanol–water partition coefficient (Wildman–Crippen LogP) is 1.84. The van der Waals surface area contributed by atoms with Gasteiger partial charge in [-0.2, -0.15) is 0 Å². The Labute approximate surface area is 157 Å². The molecule has 0 radical (unpaired) electrons. The summed E-state index contributed by atoms with van der Waals surface area (Å²) < 4.78 is 0. The lowest BCUT2D eigenvalue weighted by atomic mass is 10.2. The Kier molecular flexibility index (Phi) is 5.80. The molecular weight excluding hydrogens is 348 g/mol. The van der Waals surface area contributed by atoms with Crippen LogP contribution in [0, 0.1) is 17.0 Å². The number of aryl methyl sites for hydroxylation is 1. The molecule has 2 aromatic heterocycles. The van der Waals surface area contributed by atoms with Crippen molar-refractivity contribution in [2.75, 3.05) is 42.9 Å². The number of piperazine rings is 1. The Hall–Kier alpha value is -3.23. The van der Waals surface area contributed by atoms with E-state index in [4.69, 9.17) is 0 Å². The lowest BCUT2D eigenvalue weighted by Gasteiger charge is -2.35. The highest BCUT2D eigenvalue weighted by Gasteiger charge is 2.21. The lowest BCUT2D eigenvalue weighted by molar-refractivity contribution is -0.385. The summed E-state index contributed by atoms with van der Waals surface area (Å²) in [7, 11) is 0. The Morgan fingerprint density at radius 2 is 2.04 bits per heavy atom. The molecule has 0 spiro atoms. The van der Waals surface area contributed by atoms with Crippen LogP contribution in [-0.2, 0) is 4.79 Å². The van der Waals surface area contributed by atoms with Gasteiger partial charge in [0.1, 0.15) is 17.8 Å². The van der Waals surface area contributed by atoms with Crippen LogP contribution in [0.4, 0.5) is 17.3 Å². The molecule has 9 heteroatoms. The number of nitrogens with zero attached hydrogens (tertiary/aromatic N) is 5. The fraction of sp³-hybridized carbons (Fsp3) is 0.389. The third-order valence-electron chi connectivity index (χ3n) is 4.53. The van der Waals surface area contributed by atoms with Crippen molar-refractivity contribution in [3.05, 3.63) is 52.3 Å². The van der Waals surface area contributed by atoms with Crippen molar-refractivity contribution in [3.63, 3.8) is 0 Å². The van der Waals surface area contributed by atoms with Crippen molar-refractivity contribution in [1.82, 2.24) is 14.9 Å². The van der Waals surface area contributed by atoms with Gasteiger partial charge in [0, 0.05) is 50.9 Å². The zero-order chi connectivity index (χ0) is 19.2. The molecule has 1 aliphatic heterocycles. The lowest BCUT2D eigenvalue weighted by Crippen LogP contribution is -2.49. The second kappa shape index (κ2) is 8.43. The van der Waals surface area contributed by atoms with E-state index < -0.39 is 4.92 Å². The Morgan fingerprint density at radius 1 is 1.26 bits per heavy atom. The first-order chi connectivity index (χ1) is 13.0. The minimum Gasteiger partial charge on any atom is -0.370 e. The van der Waals surface area contributed by atoms with E-state index in [-0.39, 0.29) is 11.6 Å². The molecule has 1 saturated heterocycles. The van der Waals surface area contributed by atoms with E-state index in [0.717, 1.165) is 18.9 Å². The topological polar surface area (TPSA) is 104 Å². The molecule has 0 saturated carbocycles. The minimum absolute atomic E-state index is 0.0117. The van der Waals surface area contributed by atoms with Crippen molar-refractivity contribution in [3.8, 4) is 0 Å². The quantitative estimate of drug-likeness (QED) is 0.611. The summed E-state index contributed by atoms with van der Waals surface area (Å²) in [4.78, 5) is 35.1. The van der Waals surface area contributed by atoms with Crippen molar-refractivity contribution >= 4 is 23.2 Å². The molecule has 1 amide bonds. The number of aromatic nitrogens is 2. The molecule has 0 aromatic carbocycles. The molecule has 0 atom stereocenters. The van der Waals surface area contributed by atoms with Gasteiger partial charge < -0.3 is 15.1 Å². The van der Waals surface area contributed by atoms with Crippen LogP contribution < -0.4 is 10.2 Å². The molecule has 0 unspecified atom stereocenters. The number of carbonyl (C=O) groups is 1. The summed E-state index contributed by atoms with van der Waals surface area (Å²) >= 11 is 0. The van der Waals surface area contributed by atoms with Gasteiger partial charge in [0.25, 0.3) is 5.69 Å². The van der Waals surface area contributed by atoms with E-state index in [2.05, 4.69) is 20.2 Å².